The van der Waals surface area contributed by atoms with Gasteiger partial charge in [0.25, 0.3) is 11.5 Å². The molecule has 7 heteroatoms. The van der Waals surface area contributed by atoms with Crippen LogP contribution in [0.2, 0.25) is 0 Å². The lowest BCUT2D eigenvalue weighted by atomic mass is 10.1. The number of nitrogens with one attached hydrogen (secondary N) is 2. The maximum Gasteiger partial charge on any atom is 0.280 e. The number of amides is 1. The van der Waals surface area contributed by atoms with Crippen molar-refractivity contribution in [2.75, 3.05) is 0 Å². The number of aromatic nitrogens is 3. The van der Waals surface area contributed by atoms with E-state index in [4.69, 9.17) is 0 Å². The van der Waals surface area contributed by atoms with Crippen LogP contribution in [0.25, 0.3) is 5.69 Å². The van der Waals surface area contributed by atoms with E-state index < -0.39 is 0 Å². The third-order valence-electron chi connectivity index (χ3n) is 4.11. The topological polar surface area (TPSA) is 92.1 Å². The van der Waals surface area contributed by atoms with E-state index in [2.05, 4.69) is 20.6 Å². The van der Waals surface area contributed by atoms with Crippen LogP contribution in [0.1, 0.15) is 41.9 Å². The number of carbonyl (C=O) groups excluding carboxylic acids is 1. The van der Waals surface area contributed by atoms with Crippen molar-refractivity contribution >= 4 is 11.6 Å². The normalized spacial score (nSPS) is 11.4. The zero-order valence-electron chi connectivity index (χ0n) is 15.3. The molecule has 2 aromatic heterocycles. The Bertz CT molecular complexity index is 1000. The lowest BCUT2D eigenvalue weighted by Crippen LogP contribution is -2.23. The second-order valence-electron chi connectivity index (χ2n) is 6.07. The van der Waals surface area contributed by atoms with E-state index in [9.17, 15) is 9.59 Å². The molecule has 7 nitrogen and oxygen atoms in total. The molecule has 0 bridgehead atoms. The van der Waals surface area contributed by atoms with Gasteiger partial charge >= 0.3 is 0 Å². The molecule has 0 radical (unpaired) electrons. The Kier molecular flexibility index (Phi) is 5.61. The van der Waals surface area contributed by atoms with Crippen LogP contribution in [0.15, 0.2) is 64.8 Å². The van der Waals surface area contributed by atoms with E-state index in [-0.39, 0.29) is 11.5 Å². The minimum absolute atomic E-state index is 0.191. The van der Waals surface area contributed by atoms with Crippen LogP contribution in [0.5, 0.6) is 0 Å². The highest BCUT2D eigenvalue weighted by molar-refractivity contribution is 6.01. The first-order chi connectivity index (χ1) is 13.1. The molecule has 0 atom stereocenters. The first-order valence-electron chi connectivity index (χ1n) is 8.76. The smallest absolute Gasteiger partial charge is 0.280 e. The monoisotopic (exact) mass is 363 g/mol. The Hall–Kier alpha value is -3.48. The van der Waals surface area contributed by atoms with E-state index in [1.807, 2.05) is 37.3 Å². The number of hydrazone groups is 1. The molecule has 0 aliphatic carbocycles. The largest absolute Gasteiger partial charge is 0.294 e. The molecule has 0 spiro atoms. The molecule has 0 fully saturated rings. The number of hydrogen-bond donors (Lipinski definition) is 2. The van der Waals surface area contributed by atoms with Gasteiger partial charge in [0.1, 0.15) is 0 Å². The molecule has 1 aromatic carbocycles. The second kappa shape index (κ2) is 8.27. The van der Waals surface area contributed by atoms with Gasteiger partial charge in [0.2, 0.25) is 0 Å². The summed E-state index contributed by atoms with van der Waals surface area (Å²) in [4.78, 5) is 29.0. The Labute approximate surface area is 156 Å². The van der Waals surface area contributed by atoms with Gasteiger partial charge in [-0.2, -0.15) is 5.10 Å². The molecular formula is C20H21N5O2. The number of aromatic amines is 1. The fourth-order valence-electron chi connectivity index (χ4n) is 2.80. The number of benzene rings is 1. The fraction of sp³-hybridized carbons (Fsp3) is 0.200. The molecule has 0 aliphatic rings. The molecule has 138 valence electrons. The third-order valence-corrected chi connectivity index (χ3v) is 4.11. The summed E-state index contributed by atoms with van der Waals surface area (Å²) in [5.74, 6) is -0.354. The molecule has 0 unspecified atom stereocenters. The van der Waals surface area contributed by atoms with Gasteiger partial charge in [0, 0.05) is 23.7 Å². The minimum Gasteiger partial charge on any atom is -0.294 e. The predicted molar refractivity (Wildman–Crippen MR) is 104 cm³/mol. The lowest BCUT2D eigenvalue weighted by molar-refractivity contribution is 0.0954. The number of aryl methyl sites for hydroxylation is 1. The molecule has 0 saturated carbocycles. The van der Waals surface area contributed by atoms with Gasteiger partial charge in [-0.1, -0.05) is 31.5 Å². The summed E-state index contributed by atoms with van der Waals surface area (Å²) in [6.45, 7) is 3.76. The number of carbonyl (C=O) groups is 1. The summed E-state index contributed by atoms with van der Waals surface area (Å²) in [5.41, 5.74) is 5.25. The van der Waals surface area contributed by atoms with Crippen LogP contribution in [-0.4, -0.2) is 26.4 Å². The summed E-state index contributed by atoms with van der Waals surface area (Å²) in [5, 5.41) is 7.31. The van der Waals surface area contributed by atoms with Crippen molar-refractivity contribution in [1.82, 2.24) is 20.2 Å². The van der Waals surface area contributed by atoms with Gasteiger partial charge in [0.05, 0.1) is 17.0 Å². The zero-order valence-corrected chi connectivity index (χ0v) is 15.3. The van der Waals surface area contributed by atoms with Gasteiger partial charge in [-0.05, 0) is 37.6 Å². The highest BCUT2D eigenvalue weighted by atomic mass is 16.2. The van der Waals surface area contributed by atoms with E-state index in [1.54, 1.807) is 19.1 Å². The van der Waals surface area contributed by atoms with Crippen molar-refractivity contribution in [3.8, 4) is 5.69 Å². The Balaban J connectivity index is 1.93. The van der Waals surface area contributed by atoms with Crippen molar-refractivity contribution < 1.29 is 4.79 Å². The zero-order chi connectivity index (χ0) is 19.2. The summed E-state index contributed by atoms with van der Waals surface area (Å²) >= 11 is 0. The van der Waals surface area contributed by atoms with Gasteiger partial charge in [-0.3, -0.25) is 19.7 Å². The van der Waals surface area contributed by atoms with Crippen LogP contribution >= 0.6 is 0 Å². The van der Waals surface area contributed by atoms with E-state index >= 15 is 0 Å². The van der Waals surface area contributed by atoms with Crippen LogP contribution < -0.4 is 11.0 Å². The molecule has 1 amide bonds. The van der Waals surface area contributed by atoms with E-state index in [0.29, 0.717) is 23.3 Å². The fourth-order valence-corrected chi connectivity index (χ4v) is 2.80. The van der Waals surface area contributed by atoms with Crippen molar-refractivity contribution in [2.45, 2.75) is 26.7 Å². The van der Waals surface area contributed by atoms with Gasteiger partial charge in [-0.15, -0.1) is 0 Å². The molecule has 2 N–H and O–H groups in total. The number of rotatable bonds is 6. The minimum atomic E-state index is -0.354. The third kappa shape index (κ3) is 4.03. The van der Waals surface area contributed by atoms with Gasteiger partial charge in [-0.25, -0.2) is 10.1 Å². The summed E-state index contributed by atoms with van der Waals surface area (Å²) in [6.07, 6.45) is 4.65. The lowest BCUT2D eigenvalue weighted by Gasteiger charge is -2.02. The number of H-pyrrole nitrogens is 1. The van der Waals surface area contributed by atoms with Crippen LogP contribution in [-0.2, 0) is 6.42 Å². The Morgan fingerprint density at radius 2 is 1.89 bits per heavy atom. The standard InChI is InChI=1S/C20H21N5O2/c1-3-7-17-18(20(27)25(24-17)16-8-5-4-6-9-16)14(2)22-23-19(26)15-10-12-21-13-11-15/h4-6,8-13,24H,3,7H2,1-2H3,(H,23,26). The van der Waals surface area contributed by atoms with Crippen molar-refractivity contribution in [3.05, 3.63) is 82.0 Å². The first-order valence-corrected chi connectivity index (χ1v) is 8.76. The SMILES string of the molecule is CCCc1[nH]n(-c2ccccc2)c(=O)c1C(C)=NNC(=O)c1ccncc1. The molecule has 3 aromatic rings. The van der Waals surface area contributed by atoms with Gasteiger partial charge in [0.15, 0.2) is 0 Å². The number of pyridine rings is 1. The maximum absolute atomic E-state index is 13.0. The maximum atomic E-state index is 13.0. The van der Waals surface area contributed by atoms with Crippen molar-refractivity contribution in [1.29, 1.82) is 0 Å². The Morgan fingerprint density at radius 1 is 1.19 bits per heavy atom. The Morgan fingerprint density at radius 3 is 2.56 bits per heavy atom. The molecule has 2 heterocycles. The highest BCUT2D eigenvalue weighted by Gasteiger charge is 2.17. The summed E-state index contributed by atoms with van der Waals surface area (Å²) < 4.78 is 1.50. The average molecular weight is 363 g/mol. The molecular weight excluding hydrogens is 342 g/mol. The summed E-state index contributed by atoms with van der Waals surface area (Å²) in [7, 11) is 0. The second-order valence-corrected chi connectivity index (χ2v) is 6.07. The first kappa shape index (κ1) is 18.3. The number of hydrogen-bond acceptors (Lipinski definition) is 4. The van der Waals surface area contributed by atoms with Crippen LogP contribution in [0, 0.1) is 0 Å². The van der Waals surface area contributed by atoms with E-state index in [0.717, 1.165) is 17.8 Å². The quantitative estimate of drug-likeness (QED) is 0.521. The van der Waals surface area contributed by atoms with E-state index in [1.165, 1.54) is 17.1 Å². The molecule has 27 heavy (non-hydrogen) atoms. The molecule has 0 saturated heterocycles. The van der Waals surface area contributed by atoms with Gasteiger partial charge < -0.3 is 0 Å². The van der Waals surface area contributed by atoms with Crippen molar-refractivity contribution in [3.63, 3.8) is 0 Å². The van der Waals surface area contributed by atoms with Crippen molar-refractivity contribution in [2.24, 2.45) is 5.10 Å². The molecule has 0 aliphatic heterocycles. The number of para-hydroxylation sites is 1. The van der Waals surface area contributed by atoms with Crippen LogP contribution in [0.3, 0.4) is 0 Å². The number of nitrogens with zero attached hydrogens (tertiary/aromatic N) is 3. The predicted octanol–water partition coefficient (Wildman–Crippen LogP) is 2.67. The average Bonchev–Trinajstić information content (AvgIpc) is 3.03. The summed E-state index contributed by atoms with van der Waals surface area (Å²) in [6, 6.07) is 12.6. The molecule has 3 rings (SSSR count). The van der Waals surface area contributed by atoms with Crippen LogP contribution in [0.4, 0.5) is 0 Å². The highest BCUT2D eigenvalue weighted by Crippen LogP contribution is 2.10.